The van der Waals surface area contributed by atoms with Gasteiger partial charge in [-0.2, -0.15) is 0 Å². The number of anilines is 2. The van der Waals surface area contributed by atoms with Gasteiger partial charge in [0.1, 0.15) is 29.5 Å². The lowest BCUT2D eigenvalue weighted by atomic mass is 9.99. The number of pyridine rings is 1. The number of hydrogen-bond donors (Lipinski definition) is 0. The Hall–Kier alpha value is -3.56. The number of benzene rings is 1. The second-order valence-corrected chi connectivity index (χ2v) is 9.81. The van der Waals surface area contributed by atoms with E-state index in [-0.39, 0.29) is 5.82 Å². The van der Waals surface area contributed by atoms with Gasteiger partial charge in [0, 0.05) is 62.6 Å². The second kappa shape index (κ2) is 10.1. The van der Waals surface area contributed by atoms with Gasteiger partial charge in [0.2, 0.25) is 5.71 Å². The molecule has 0 atom stereocenters. The van der Waals surface area contributed by atoms with Gasteiger partial charge in [-0.05, 0) is 43.7 Å². The minimum Gasteiger partial charge on any atom is -0.437 e. The standard InChI is InChI=1S/C28H31FN6O2/c1-19(2)33-9-11-34(12-10-33)23-8-5-21(17-30-23)26-24(20-3-6-22(29)7-4-20)25-27(31-18-32-28(25)37-26)35-13-15-36-16-14-35/h3-8,17-19H,9-16H2,1-2H3. The van der Waals surface area contributed by atoms with E-state index in [0.29, 0.717) is 30.7 Å². The number of fused-ring (bicyclic) bond motifs is 1. The Kier molecular flexibility index (Phi) is 6.48. The summed E-state index contributed by atoms with van der Waals surface area (Å²) < 4.78 is 25.8. The van der Waals surface area contributed by atoms with E-state index < -0.39 is 0 Å². The van der Waals surface area contributed by atoms with Gasteiger partial charge in [0.25, 0.3) is 0 Å². The highest BCUT2D eigenvalue weighted by Crippen LogP contribution is 2.43. The van der Waals surface area contributed by atoms with Gasteiger partial charge >= 0.3 is 0 Å². The molecule has 9 heteroatoms. The topological polar surface area (TPSA) is 70.8 Å². The molecule has 2 saturated heterocycles. The van der Waals surface area contributed by atoms with Gasteiger partial charge in [0.15, 0.2) is 0 Å². The summed E-state index contributed by atoms with van der Waals surface area (Å²) in [4.78, 5) is 20.9. The molecule has 0 saturated carbocycles. The Balaban J connectivity index is 1.41. The molecular weight excluding hydrogens is 471 g/mol. The number of rotatable bonds is 5. The van der Waals surface area contributed by atoms with Crippen molar-refractivity contribution in [1.82, 2.24) is 19.9 Å². The van der Waals surface area contributed by atoms with Crippen LogP contribution in [0, 0.1) is 5.82 Å². The first kappa shape index (κ1) is 23.8. The van der Waals surface area contributed by atoms with Gasteiger partial charge in [-0.15, -0.1) is 0 Å². The van der Waals surface area contributed by atoms with Crippen molar-refractivity contribution in [2.24, 2.45) is 0 Å². The Morgan fingerprint density at radius 1 is 0.811 bits per heavy atom. The average molecular weight is 503 g/mol. The number of morpholine rings is 1. The number of ether oxygens (including phenoxy) is 1. The minimum absolute atomic E-state index is 0.286. The highest BCUT2D eigenvalue weighted by atomic mass is 19.1. The summed E-state index contributed by atoms with van der Waals surface area (Å²) in [5.41, 5.74) is 3.03. The molecule has 4 aromatic rings. The summed E-state index contributed by atoms with van der Waals surface area (Å²) in [5.74, 6) is 2.13. The molecule has 3 aromatic heterocycles. The monoisotopic (exact) mass is 502 g/mol. The Morgan fingerprint density at radius 2 is 1.54 bits per heavy atom. The number of halogens is 1. The van der Waals surface area contributed by atoms with Crippen LogP contribution in [0.5, 0.6) is 0 Å². The van der Waals surface area contributed by atoms with Crippen molar-refractivity contribution in [2.75, 3.05) is 62.3 Å². The van der Waals surface area contributed by atoms with E-state index in [4.69, 9.17) is 14.1 Å². The number of furan rings is 1. The third-order valence-electron chi connectivity index (χ3n) is 7.29. The summed E-state index contributed by atoms with van der Waals surface area (Å²) in [5, 5.41) is 0.819. The van der Waals surface area contributed by atoms with Gasteiger partial charge in [-0.25, -0.2) is 19.3 Å². The van der Waals surface area contributed by atoms with Crippen molar-refractivity contribution in [3.8, 4) is 22.5 Å². The lowest BCUT2D eigenvalue weighted by Gasteiger charge is -2.37. The molecule has 6 rings (SSSR count). The first-order chi connectivity index (χ1) is 18.1. The van der Waals surface area contributed by atoms with E-state index in [9.17, 15) is 4.39 Å². The van der Waals surface area contributed by atoms with Crippen LogP contribution in [-0.2, 0) is 4.74 Å². The molecule has 0 N–H and O–H groups in total. The maximum Gasteiger partial charge on any atom is 0.232 e. The predicted octanol–water partition coefficient (Wildman–Crippen LogP) is 4.46. The van der Waals surface area contributed by atoms with Crippen molar-refractivity contribution in [3.63, 3.8) is 0 Å². The Bertz CT molecular complexity index is 1360. The van der Waals surface area contributed by atoms with E-state index in [2.05, 4.69) is 44.6 Å². The van der Waals surface area contributed by atoms with Gasteiger partial charge in [-0.1, -0.05) is 12.1 Å². The molecular formula is C28H31FN6O2. The van der Waals surface area contributed by atoms with Crippen molar-refractivity contribution in [1.29, 1.82) is 0 Å². The fourth-order valence-corrected chi connectivity index (χ4v) is 5.20. The van der Waals surface area contributed by atoms with Gasteiger partial charge in [0.05, 0.1) is 18.6 Å². The molecule has 0 spiro atoms. The molecule has 192 valence electrons. The number of aromatic nitrogens is 3. The normalized spacial score (nSPS) is 17.2. The zero-order chi connectivity index (χ0) is 25.4. The summed E-state index contributed by atoms with van der Waals surface area (Å²) in [6, 6.07) is 11.1. The zero-order valence-corrected chi connectivity index (χ0v) is 21.2. The molecule has 5 heterocycles. The third-order valence-corrected chi connectivity index (χ3v) is 7.29. The number of hydrogen-bond acceptors (Lipinski definition) is 8. The summed E-state index contributed by atoms with van der Waals surface area (Å²) in [6.07, 6.45) is 3.39. The molecule has 2 aliphatic rings. The second-order valence-electron chi connectivity index (χ2n) is 9.81. The molecule has 0 bridgehead atoms. The lowest BCUT2D eigenvalue weighted by Crippen LogP contribution is -2.49. The Morgan fingerprint density at radius 3 is 2.22 bits per heavy atom. The number of nitrogens with zero attached hydrogens (tertiary/aromatic N) is 6. The van der Waals surface area contributed by atoms with Gasteiger partial charge in [-0.3, -0.25) is 4.90 Å². The fourth-order valence-electron chi connectivity index (χ4n) is 5.20. The van der Waals surface area contributed by atoms with Crippen LogP contribution in [0.4, 0.5) is 16.0 Å². The average Bonchev–Trinajstić information content (AvgIpc) is 3.34. The van der Waals surface area contributed by atoms with Crippen LogP contribution in [-0.4, -0.2) is 78.4 Å². The summed E-state index contributed by atoms with van der Waals surface area (Å²) in [7, 11) is 0. The van der Waals surface area contributed by atoms with E-state index in [1.165, 1.54) is 18.5 Å². The van der Waals surface area contributed by atoms with Crippen LogP contribution >= 0.6 is 0 Å². The van der Waals surface area contributed by atoms with Crippen molar-refractivity contribution in [3.05, 3.63) is 54.7 Å². The largest absolute Gasteiger partial charge is 0.437 e. The first-order valence-electron chi connectivity index (χ1n) is 12.9. The zero-order valence-electron chi connectivity index (χ0n) is 21.2. The molecule has 0 aliphatic carbocycles. The van der Waals surface area contributed by atoms with Crippen LogP contribution in [0.2, 0.25) is 0 Å². The van der Waals surface area contributed by atoms with Crippen LogP contribution < -0.4 is 9.80 Å². The van der Waals surface area contributed by atoms with E-state index in [0.717, 1.165) is 73.0 Å². The van der Waals surface area contributed by atoms with Crippen molar-refractivity contribution < 1.29 is 13.5 Å². The van der Waals surface area contributed by atoms with E-state index in [1.807, 2.05) is 12.3 Å². The highest BCUT2D eigenvalue weighted by molar-refractivity contribution is 6.06. The third kappa shape index (κ3) is 4.65. The highest BCUT2D eigenvalue weighted by Gasteiger charge is 2.26. The molecule has 0 unspecified atom stereocenters. The maximum atomic E-state index is 13.8. The molecule has 37 heavy (non-hydrogen) atoms. The molecule has 2 fully saturated rings. The predicted molar refractivity (Wildman–Crippen MR) is 142 cm³/mol. The molecule has 8 nitrogen and oxygen atoms in total. The summed E-state index contributed by atoms with van der Waals surface area (Å²) in [6.45, 7) is 11.2. The Labute approximate surface area is 215 Å². The fraction of sp³-hybridized carbons (Fsp3) is 0.393. The van der Waals surface area contributed by atoms with E-state index >= 15 is 0 Å². The first-order valence-corrected chi connectivity index (χ1v) is 12.9. The smallest absolute Gasteiger partial charge is 0.232 e. The minimum atomic E-state index is -0.286. The van der Waals surface area contributed by atoms with Gasteiger partial charge < -0.3 is 19.0 Å². The SMILES string of the molecule is CC(C)N1CCN(c2ccc(-c3oc4ncnc(N5CCOCC5)c4c3-c3ccc(F)cc3)cn2)CC1. The van der Waals surface area contributed by atoms with Crippen LogP contribution in [0.3, 0.4) is 0 Å². The molecule has 1 aromatic carbocycles. The molecule has 0 radical (unpaired) electrons. The van der Waals surface area contributed by atoms with Crippen LogP contribution in [0.15, 0.2) is 53.3 Å². The van der Waals surface area contributed by atoms with E-state index in [1.54, 1.807) is 12.1 Å². The van der Waals surface area contributed by atoms with Crippen LogP contribution in [0.25, 0.3) is 33.6 Å². The quantitative estimate of drug-likeness (QED) is 0.396. The lowest BCUT2D eigenvalue weighted by molar-refractivity contribution is 0.122. The van der Waals surface area contributed by atoms with Crippen LogP contribution in [0.1, 0.15) is 13.8 Å². The van der Waals surface area contributed by atoms with Crippen molar-refractivity contribution in [2.45, 2.75) is 19.9 Å². The molecule has 0 amide bonds. The maximum absolute atomic E-state index is 13.8. The number of piperazine rings is 1. The summed E-state index contributed by atoms with van der Waals surface area (Å²) >= 11 is 0. The molecule has 2 aliphatic heterocycles. The van der Waals surface area contributed by atoms with Crippen molar-refractivity contribution >= 4 is 22.7 Å².